The molecule has 0 aliphatic rings. The predicted octanol–water partition coefficient (Wildman–Crippen LogP) is 1.58. The van der Waals surface area contributed by atoms with E-state index in [1.807, 2.05) is 6.92 Å². The minimum Gasteiger partial charge on any atom is -0.398 e. The zero-order valence-corrected chi connectivity index (χ0v) is 12.0. The lowest BCUT2D eigenvalue weighted by atomic mass is 10.3. The molecule has 102 valence electrons. The highest BCUT2D eigenvalue weighted by molar-refractivity contribution is 7.89. The van der Waals surface area contributed by atoms with Gasteiger partial charge in [0, 0.05) is 20.2 Å². The standard InChI is InChI=1S/C11H17ClN2O3S/c1-3-17-7-6-14(2)18(15,16)9-4-5-11(13)10(12)8-9/h4-5,8H,3,6-7,13H2,1-2H3. The Hall–Kier alpha value is -0.820. The van der Waals surface area contributed by atoms with Gasteiger partial charge >= 0.3 is 0 Å². The molecule has 0 radical (unpaired) electrons. The van der Waals surface area contributed by atoms with E-state index in [0.29, 0.717) is 18.9 Å². The van der Waals surface area contributed by atoms with Crippen molar-refractivity contribution in [3.05, 3.63) is 23.2 Å². The smallest absolute Gasteiger partial charge is 0.242 e. The number of benzene rings is 1. The minimum absolute atomic E-state index is 0.126. The van der Waals surface area contributed by atoms with Gasteiger partial charge in [0.25, 0.3) is 0 Å². The highest BCUT2D eigenvalue weighted by Gasteiger charge is 2.21. The van der Waals surface area contributed by atoms with Crippen LogP contribution in [-0.4, -0.2) is 39.5 Å². The number of rotatable bonds is 6. The third-order valence-corrected chi connectivity index (χ3v) is 4.61. The van der Waals surface area contributed by atoms with Crippen molar-refractivity contribution in [1.29, 1.82) is 0 Å². The van der Waals surface area contributed by atoms with Gasteiger partial charge in [0.2, 0.25) is 10.0 Å². The lowest BCUT2D eigenvalue weighted by Crippen LogP contribution is -2.30. The lowest BCUT2D eigenvalue weighted by Gasteiger charge is -2.17. The molecule has 0 aliphatic carbocycles. The fourth-order valence-corrected chi connectivity index (χ4v) is 2.73. The molecule has 5 nitrogen and oxygen atoms in total. The first-order chi connectivity index (χ1) is 8.39. The van der Waals surface area contributed by atoms with Crippen LogP contribution in [0.4, 0.5) is 5.69 Å². The summed E-state index contributed by atoms with van der Waals surface area (Å²) < 4.78 is 30.7. The number of halogens is 1. The molecule has 0 atom stereocenters. The van der Waals surface area contributed by atoms with E-state index >= 15 is 0 Å². The Morgan fingerprint density at radius 2 is 2.11 bits per heavy atom. The van der Waals surface area contributed by atoms with Crippen molar-refractivity contribution in [2.45, 2.75) is 11.8 Å². The van der Waals surface area contributed by atoms with E-state index in [0.717, 1.165) is 0 Å². The molecule has 0 aliphatic heterocycles. The second-order valence-electron chi connectivity index (χ2n) is 3.71. The maximum absolute atomic E-state index is 12.2. The van der Waals surface area contributed by atoms with Crippen molar-refractivity contribution in [1.82, 2.24) is 4.31 Å². The fraction of sp³-hybridized carbons (Fsp3) is 0.455. The third-order valence-electron chi connectivity index (χ3n) is 2.43. The Labute approximate surface area is 113 Å². The van der Waals surface area contributed by atoms with Gasteiger partial charge in [0.05, 0.1) is 22.2 Å². The lowest BCUT2D eigenvalue weighted by molar-refractivity contribution is 0.138. The van der Waals surface area contributed by atoms with E-state index in [4.69, 9.17) is 22.1 Å². The summed E-state index contributed by atoms with van der Waals surface area (Å²) in [5.74, 6) is 0. The number of ether oxygens (including phenoxy) is 1. The van der Waals surface area contributed by atoms with Gasteiger partial charge in [-0.2, -0.15) is 4.31 Å². The van der Waals surface area contributed by atoms with Crippen molar-refractivity contribution in [2.24, 2.45) is 0 Å². The van der Waals surface area contributed by atoms with Crippen LogP contribution in [-0.2, 0) is 14.8 Å². The molecule has 7 heteroatoms. The molecule has 0 spiro atoms. The Bertz CT molecular complexity index is 505. The summed E-state index contributed by atoms with van der Waals surface area (Å²) in [6.07, 6.45) is 0. The van der Waals surface area contributed by atoms with Gasteiger partial charge in [-0.1, -0.05) is 11.6 Å². The zero-order chi connectivity index (χ0) is 13.8. The van der Waals surface area contributed by atoms with Gasteiger partial charge in [-0.05, 0) is 25.1 Å². The average Bonchev–Trinajstić information content (AvgIpc) is 2.32. The number of nitrogens with two attached hydrogens (primary N) is 1. The van der Waals surface area contributed by atoms with Crippen LogP contribution in [0.5, 0.6) is 0 Å². The van der Waals surface area contributed by atoms with E-state index < -0.39 is 10.0 Å². The molecule has 0 bridgehead atoms. The first kappa shape index (κ1) is 15.2. The number of sulfonamides is 1. The summed E-state index contributed by atoms with van der Waals surface area (Å²) in [5, 5.41) is 0.231. The molecule has 0 saturated heterocycles. The van der Waals surface area contributed by atoms with Crippen molar-refractivity contribution < 1.29 is 13.2 Å². The zero-order valence-electron chi connectivity index (χ0n) is 10.4. The molecule has 1 aromatic carbocycles. The van der Waals surface area contributed by atoms with E-state index in [1.165, 1.54) is 29.6 Å². The first-order valence-electron chi connectivity index (χ1n) is 5.48. The highest BCUT2D eigenvalue weighted by atomic mass is 35.5. The molecule has 0 amide bonds. The summed E-state index contributed by atoms with van der Waals surface area (Å²) in [5.41, 5.74) is 5.90. The van der Waals surface area contributed by atoms with Gasteiger partial charge in [-0.3, -0.25) is 0 Å². The molecular formula is C11H17ClN2O3S. The van der Waals surface area contributed by atoms with Crippen LogP contribution >= 0.6 is 11.6 Å². The van der Waals surface area contributed by atoms with Gasteiger partial charge in [0.1, 0.15) is 0 Å². The van der Waals surface area contributed by atoms with Crippen LogP contribution in [0.1, 0.15) is 6.92 Å². The Morgan fingerprint density at radius 1 is 1.44 bits per heavy atom. The van der Waals surface area contributed by atoms with Crippen molar-refractivity contribution in [2.75, 3.05) is 32.5 Å². The van der Waals surface area contributed by atoms with Crippen LogP contribution < -0.4 is 5.73 Å². The van der Waals surface area contributed by atoms with Crippen molar-refractivity contribution >= 4 is 27.3 Å². The van der Waals surface area contributed by atoms with Gasteiger partial charge in [0.15, 0.2) is 0 Å². The summed E-state index contributed by atoms with van der Waals surface area (Å²) in [6, 6.07) is 4.27. The summed E-state index contributed by atoms with van der Waals surface area (Å²) in [4.78, 5) is 0.126. The van der Waals surface area contributed by atoms with E-state index in [9.17, 15) is 8.42 Å². The fourth-order valence-electron chi connectivity index (χ4n) is 1.31. The molecule has 2 N–H and O–H groups in total. The minimum atomic E-state index is -3.55. The topological polar surface area (TPSA) is 72.6 Å². The number of nitrogen functional groups attached to an aromatic ring is 1. The summed E-state index contributed by atoms with van der Waals surface area (Å²) in [6.45, 7) is 3.06. The van der Waals surface area contributed by atoms with Crippen LogP contribution in [0.15, 0.2) is 23.1 Å². The Balaban J connectivity index is 2.88. The highest BCUT2D eigenvalue weighted by Crippen LogP contribution is 2.24. The van der Waals surface area contributed by atoms with Crippen LogP contribution in [0.2, 0.25) is 5.02 Å². The van der Waals surface area contributed by atoms with Gasteiger partial charge in [-0.15, -0.1) is 0 Å². The Kier molecular flexibility index (Phi) is 5.40. The average molecular weight is 293 g/mol. The molecule has 0 aromatic heterocycles. The molecule has 0 unspecified atom stereocenters. The molecule has 0 saturated carbocycles. The van der Waals surface area contributed by atoms with E-state index in [2.05, 4.69) is 0 Å². The first-order valence-corrected chi connectivity index (χ1v) is 7.30. The summed E-state index contributed by atoms with van der Waals surface area (Å²) in [7, 11) is -2.05. The SMILES string of the molecule is CCOCCN(C)S(=O)(=O)c1ccc(N)c(Cl)c1. The number of hydrogen-bond acceptors (Lipinski definition) is 4. The van der Waals surface area contributed by atoms with Crippen LogP contribution in [0.3, 0.4) is 0 Å². The number of likely N-dealkylation sites (N-methyl/N-ethyl adjacent to an activating group) is 1. The summed E-state index contributed by atoms with van der Waals surface area (Å²) >= 11 is 5.82. The van der Waals surface area contributed by atoms with Crippen LogP contribution in [0, 0.1) is 0 Å². The van der Waals surface area contributed by atoms with E-state index in [-0.39, 0.29) is 16.5 Å². The van der Waals surface area contributed by atoms with Crippen molar-refractivity contribution in [3.63, 3.8) is 0 Å². The largest absolute Gasteiger partial charge is 0.398 e. The third kappa shape index (κ3) is 3.58. The quantitative estimate of drug-likeness (QED) is 0.638. The molecule has 1 aromatic rings. The molecule has 0 heterocycles. The maximum Gasteiger partial charge on any atom is 0.242 e. The van der Waals surface area contributed by atoms with E-state index in [1.54, 1.807) is 0 Å². The normalized spacial score (nSPS) is 12.0. The number of anilines is 1. The monoisotopic (exact) mass is 292 g/mol. The van der Waals surface area contributed by atoms with Crippen molar-refractivity contribution in [3.8, 4) is 0 Å². The van der Waals surface area contributed by atoms with Crippen LogP contribution in [0.25, 0.3) is 0 Å². The van der Waals surface area contributed by atoms with Gasteiger partial charge < -0.3 is 10.5 Å². The predicted molar refractivity (Wildman–Crippen MR) is 72.2 cm³/mol. The van der Waals surface area contributed by atoms with Gasteiger partial charge in [-0.25, -0.2) is 8.42 Å². The molecule has 0 fully saturated rings. The second kappa shape index (κ2) is 6.38. The molecule has 1 rings (SSSR count). The maximum atomic E-state index is 12.2. The number of hydrogen-bond donors (Lipinski definition) is 1. The molecule has 18 heavy (non-hydrogen) atoms. The number of nitrogens with zero attached hydrogens (tertiary/aromatic N) is 1. The molecular weight excluding hydrogens is 276 g/mol. The Morgan fingerprint density at radius 3 is 2.67 bits per heavy atom. The second-order valence-corrected chi connectivity index (χ2v) is 6.16.